The third kappa shape index (κ3) is 2.68. The molecule has 19 heavy (non-hydrogen) atoms. The van der Waals surface area contributed by atoms with Crippen molar-refractivity contribution in [3.05, 3.63) is 39.9 Å². The lowest BCUT2D eigenvalue weighted by molar-refractivity contribution is 0.0696. The van der Waals surface area contributed by atoms with Gasteiger partial charge in [0.05, 0.1) is 11.3 Å². The molecule has 0 aliphatic heterocycles. The van der Waals surface area contributed by atoms with Gasteiger partial charge in [-0.15, -0.1) is 0 Å². The highest BCUT2D eigenvalue weighted by molar-refractivity contribution is 9.10. The van der Waals surface area contributed by atoms with Crippen molar-refractivity contribution in [2.75, 3.05) is 0 Å². The van der Waals surface area contributed by atoms with E-state index >= 15 is 0 Å². The number of aromatic nitrogens is 3. The molecular weight excluding hydrogens is 310 g/mol. The second kappa shape index (κ2) is 5.52. The van der Waals surface area contributed by atoms with Crippen LogP contribution < -0.4 is 0 Å². The first-order chi connectivity index (χ1) is 9.06. The topological polar surface area (TPSA) is 68.0 Å². The molecule has 0 saturated carbocycles. The van der Waals surface area contributed by atoms with Gasteiger partial charge < -0.3 is 5.11 Å². The highest BCUT2D eigenvalue weighted by Crippen LogP contribution is 2.21. The van der Waals surface area contributed by atoms with Crippen LogP contribution in [0.1, 0.15) is 35.9 Å². The summed E-state index contributed by atoms with van der Waals surface area (Å²) in [6, 6.07) is 5.11. The molecule has 1 aromatic carbocycles. The second-order valence-electron chi connectivity index (χ2n) is 4.03. The summed E-state index contributed by atoms with van der Waals surface area (Å²) in [5.41, 5.74) is 0.747. The van der Waals surface area contributed by atoms with Gasteiger partial charge in [0.15, 0.2) is 5.82 Å². The minimum atomic E-state index is -0.980. The first-order valence-corrected chi connectivity index (χ1v) is 6.84. The molecule has 1 aromatic heterocycles. The van der Waals surface area contributed by atoms with Gasteiger partial charge in [-0.05, 0) is 18.2 Å². The third-order valence-corrected chi connectivity index (χ3v) is 3.26. The third-order valence-electron chi connectivity index (χ3n) is 2.77. The molecule has 0 radical (unpaired) electrons. The molecule has 0 bridgehead atoms. The molecule has 0 spiro atoms. The van der Waals surface area contributed by atoms with Crippen LogP contribution in [0, 0.1) is 0 Å². The summed E-state index contributed by atoms with van der Waals surface area (Å²) in [4.78, 5) is 15.7. The molecule has 0 aliphatic rings. The van der Waals surface area contributed by atoms with Gasteiger partial charge >= 0.3 is 5.97 Å². The number of carboxylic acid groups (broad SMARTS) is 1. The summed E-state index contributed by atoms with van der Waals surface area (Å²) in [5.74, 6) is 0.504. The van der Waals surface area contributed by atoms with Gasteiger partial charge in [-0.2, -0.15) is 5.10 Å². The van der Waals surface area contributed by atoms with E-state index in [1.165, 1.54) is 0 Å². The number of rotatable bonds is 4. The number of carboxylic acids is 1. The second-order valence-corrected chi connectivity index (χ2v) is 4.95. The number of aryl methyl sites for hydroxylation is 2. The monoisotopic (exact) mass is 323 g/mol. The minimum Gasteiger partial charge on any atom is -0.478 e. The summed E-state index contributed by atoms with van der Waals surface area (Å²) in [6.45, 7) is 3.94. The molecule has 100 valence electrons. The van der Waals surface area contributed by atoms with E-state index in [1.54, 1.807) is 22.9 Å². The highest BCUT2D eigenvalue weighted by atomic mass is 79.9. The Bertz CT molecular complexity index is 622. The van der Waals surface area contributed by atoms with E-state index in [0.717, 1.165) is 22.5 Å². The van der Waals surface area contributed by atoms with Crippen molar-refractivity contribution in [2.45, 2.75) is 26.7 Å². The molecule has 0 saturated heterocycles. The van der Waals surface area contributed by atoms with E-state index in [0.29, 0.717) is 12.1 Å². The SMILES string of the molecule is CCc1nc(CC)n(-c2ccc(Br)cc2C(=O)O)n1. The smallest absolute Gasteiger partial charge is 0.337 e. The lowest BCUT2D eigenvalue weighted by Crippen LogP contribution is -2.09. The van der Waals surface area contributed by atoms with Crippen molar-refractivity contribution < 1.29 is 9.90 Å². The zero-order valence-electron chi connectivity index (χ0n) is 10.7. The number of carbonyl (C=O) groups is 1. The molecule has 5 nitrogen and oxygen atoms in total. The van der Waals surface area contributed by atoms with Crippen molar-refractivity contribution in [1.82, 2.24) is 14.8 Å². The van der Waals surface area contributed by atoms with Gasteiger partial charge in [0.25, 0.3) is 0 Å². The molecule has 6 heteroatoms. The maximum atomic E-state index is 11.3. The number of hydrogen-bond donors (Lipinski definition) is 1. The lowest BCUT2D eigenvalue weighted by atomic mass is 10.2. The summed E-state index contributed by atoms with van der Waals surface area (Å²) in [5, 5.41) is 13.7. The molecule has 0 fully saturated rings. The summed E-state index contributed by atoms with van der Waals surface area (Å²) >= 11 is 3.28. The molecule has 0 amide bonds. The fourth-order valence-corrected chi connectivity index (χ4v) is 2.19. The average molecular weight is 324 g/mol. The standard InChI is InChI=1S/C13H14BrN3O2/c1-3-11-15-12(4-2)17(16-11)10-6-5-8(14)7-9(10)13(18)19/h5-7H,3-4H2,1-2H3,(H,18,19). The molecule has 1 heterocycles. The minimum absolute atomic E-state index is 0.205. The largest absolute Gasteiger partial charge is 0.478 e. The van der Waals surface area contributed by atoms with Crippen LogP contribution in [0.15, 0.2) is 22.7 Å². The Morgan fingerprint density at radius 3 is 2.68 bits per heavy atom. The maximum absolute atomic E-state index is 11.3. The van der Waals surface area contributed by atoms with Crippen molar-refractivity contribution >= 4 is 21.9 Å². The number of halogens is 1. The van der Waals surface area contributed by atoms with Crippen LogP contribution >= 0.6 is 15.9 Å². The van der Waals surface area contributed by atoms with E-state index in [-0.39, 0.29) is 5.56 Å². The van der Waals surface area contributed by atoms with Crippen molar-refractivity contribution in [3.63, 3.8) is 0 Å². The quantitative estimate of drug-likeness (QED) is 0.939. The molecule has 2 rings (SSSR count). The summed E-state index contributed by atoms with van der Waals surface area (Å²) in [6.07, 6.45) is 1.42. The van der Waals surface area contributed by atoms with E-state index < -0.39 is 5.97 Å². The normalized spacial score (nSPS) is 10.7. The Morgan fingerprint density at radius 2 is 2.11 bits per heavy atom. The number of aromatic carboxylic acids is 1. The zero-order chi connectivity index (χ0) is 14.0. The molecule has 2 aromatic rings. The van der Waals surface area contributed by atoms with Crippen LogP contribution in [0.25, 0.3) is 5.69 Å². The van der Waals surface area contributed by atoms with E-state index in [9.17, 15) is 9.90 Å². The molecule has 0 atom stereocenters. The Hall–Kier alpha value is -1.69. The maximum Gasteiger partial charge on any atom is 0.337 e. The van der Waals surface area contributed by atoms with Gasteiger partial charge in [-0.3, -0.25) is 0 Å². The molecular formula is C13H14BrN3O2. The van der Waals surface area contributed by atoms with Gasteiger partial charge in [-0.1, -0.05) is 29.8 Å². The van der Waals surface area contributed by atoms with Crippen LogP contribution in [0.5, 0.6) is 0 Å². The number of nitrogens with zero attached hydrogens (tertiary/aromatic N) is 3. The van der Waals surface area contributed by atoms with E-state index in [2.05, 4.69) is 26.0 Å². The molecule has 0 aliphatic carbocycles. The van der Waals surface area contributed by atoms with E-state index in [1.807, 2.05) is 13.8 Å². The lowest BCUT2D eigenvalue weighted by Gasteiger charge is -2.08. The number of hydrogen-bond acceptors (Lipinski definition) is 3. The van der Waals surface area contributed by atoms with Crippen molar-refractivity contribution in [1.29, 1.82) is 0 Å². The Morgan fingerprint density at radius 1 is 1.37 bits per heavy atom. The van der Waals surface area contributed by atoms with Crippen LogP contribution in [0.3, 0.4) is 0 Å². The van der Waals surface area contributed by atoms with Crippen LogP contribution in [0.4, 0.5) is 0 Å². The first kappa shape index (κ1) is 13.7. The highest BCUT2D eigenvalue weighted by Gasteiger charge is 2.16. The Balaban J connectivity index is 2.64. The van der Waals surface area contributed by atoms with Crippen molar-refractivity contribution in [3.8, 4) is 5.69 Å². The fourth-order valence-electron chi connectivity index (χ4n) is 1.83. The van der Waals surface area contributed by atoms with E-state index in [4.69, 9.17) is 0 Å². The van der Waals surface area contributed by atoms with Gasteiger partial charge in [0.1, 0.15) is 5.82 Å². The molecule has 0 unspecified atom stereocenters. The van der Waals surface area contributed by atoms with Gasteiger partial charge in [0, 0.05) is 17.3 Å². The number of benzene rings is 1. The van der Waals surface area contributed by atoms with Gasteiger partial charge in [0.2, 0.25) is 0 Å². The van der Waals surface area contributed by atoms with Gasteiger partial charge in [-0.25, -0.2) is 14.5 Å². The predicted molar refractivity (Wildman–Crippen MR) is 74.8 cm³/mol. The first-order valence-electron chi connectivity index (χ1n) is 6.04. The van der Waals surface area contributed by atoms with Crippen LogP contribution in [-0.2, 0) is 12.8 Å². The van der Waals surface area contributed by atoms with Crippen LogP contribution in [0.2, 0.25) is 0 Å². The average Bonchev–Trinajstić information content (AvgIpc) is 2.81. The predicted octanol–water partition coefficient (Wildman–Crippen LogP) is 2.85. The van der Waals surface area contributed by atoms with Crippen LogP contribution in [-0.4, -0.2) is 25.8 Å². The Labute approximate surface area is 119 Å². The zero-order valence-corrected chi connectivity index (χ0v) is 12.3. The van der Waals surface area contributed by atoms with Crippen molar-refractivity contribution in [2.24, 2.45) is 0 Å². The molecule has 1 N–H and O–H groups in total. The summed E-state index contributed by atoms with van der Waals surface area (Å²) in [7, 11) is 0. The fraction of sp³-hybridized carbons (Fsp3) is 0.308. The Kier molecular flexibility index (Phi) is 3.99. The summed E-state index contributed by atoms with van der Waals surface area (Å²) < 4.78 is 2.34.